The van der Waals surface area contributed by atoms with Crippen LogP contribution in [0.5, 0.6) is 0 Å². The van der Waals surface area contributed by atoms with E-state index in [1.807, 2.05) is 6.92 Å². The molecular formula is C10H9F3N4. The molecule has 1 aromatic heterocycles. The van der Waals surface area contributed by atoms with E-state index < -0.39 is 11.7 Å². The SMILES string of the molecule is CCn1nnc(-c2ccc(C(F)(F)F)cc2)n1. The Labute approximate surface area is 95.1 Å². The molecule has 0 amide bonds. The highest BCUT2D eigenvalue weighted by Gasteiger charge is 2.30. The molecule has 0 atom stereocenters. The Morgan fingerprint density at radius 3 is 2.29 bits per heavy atom. The lowest BCUT2D eigenvalue weighted by Crippen LogP contribution is -2.04. The maximum absolute atomic E-state index is 12.3. The largest absolute Gasteiger partial charge is 0.416 e. The van der Waals surface area contributed by atoms with Crippen LogP contribution in [-0.4, -0.2) is 20.2 Å². The number of hydrogen-bond acceptors (Lipinski definition) is 3. The van der Waals surface area contributed by atoms with Crippen LogP contribution in [0.3, 0.4) is 0 Å². The molecule has 0 aliphatic rings. The number of rotatable bonds is 2. The molecule has 90 valence electrons. The second kappa shape index (κ2) is 4.15. The van der Waals surface area contributed by atoms with Crippen molar-refractivity contribution in [2.45, 2.75) is 19.6 Å². The monoisotopic (exact) mass is 242 g/mol. The summed E-state index contributed by atoms with van der Waals surface area (Å²) in [6, 6.07) is 4.67. The topological polar surface area (TPSA) is 43.6 Å². The van der Waals surface area contributed by atoms with E-state index in [4.69, 9.17) is 0 Å². The molecule has 0 N–H and O–H groups in total. The summed E-state index contributed by atoms with van der Waals surface area (Å²) in [4.78, 5) is 1.37. The minimum absolute atomic E-state index is 0.320. The van der Waals surface area contributed by atoms with E-state index in [0.717, 1.165) is 12.1 Å². The van der Waals surface area contributed by atoms with Crippen molar-refractivity contribution in [1.82, 2.24) is 20.2 Å². The fraction of sp³-hybridized carbons (Fsp3) is 0.300. The Balaban J connectivity index is 2.29. The summed E-state index contributed by atoms with van der Waals surface area (Å²) < 4.78 is 37.0. The number of halogens is 3. The fourth-order valence-corrected chi connectivity index (χ4v) is 1.30. The first-order chi connectivity index (χ1) is 8.00. The van der Waals surface area contributed by atoms with Gasteiger partial charge in [0.15, 0.2) is 0 Å². The van der Waals surface area contributed by atoms with Gasteiger partial charge in [-0.15, -0.1) is 10.2 Å². The van der Waals surface area contributed by atoms with Crippen molar-refractivity contribution in [2.75, 3.05) is 0 Å². The average molecular weight is 242 g/mol. The molecule has 0 bridgehead atoms. The molecule has 17 heavy (non-hydrogen) atoms. The standard InChI is InChI=1S/C10H9F3N4/c1-2-17-15-9(14-16-17)7-3-5-8(6-4-7)10(11,12)13/h3-6H,2H2,1H3. The van der Waals surface area contributed by atoms with Gasteiger partial charge in [0.2, 0.25) is 5.82 Å². The number of aryl methyl sites for hydroxylation is 1. The van der Waals surface area contributed by atoms with Gasteiger partial charge in [-0.2, -0.15) is 18.0 Å². The number of benzene rings is 1. The molecule has 0 unspecified atom stereocenters. The highest BCUT2D eigenvalue weighted by molar-refractivity contribution is 5.54. The molecule has 2 rings (SSSR count). The van der Waals surface area contributed by atoms with Gasteiger partial charge in [-0.05, 0) is 24.3 Å². The maximum Gasteiger partial charge on any atom is 0.416 e. The first-order valence-electron chi connectivity index (χ1n) is 4.96. The Morgan fingerprint density at radius 2 is 1.82 bits per heavy atom. The zero-order valence-electron chi connectivity index (χ0n) is 8.94. The molecule has 0 aliphatic carbocycles. The summed E-state index contributed by atoms with van der Waals surface area (Å²) in [6.07, 6.45) is -4.33. The van der Waals surface area contributed by atoms with Crippen molar-refractivity contribution < 1.29 is 13.2 Å². The summed E-state index contributed by atoms with van der Waals surface area (Å²) in [5, 5.41) is 11.5. The molecule has 2 aromatic rings. The van der Waals surface area contributed by atoms with Gasteiger partial charge in [0.1, 0.15) is 0 Å². The highest BCUT2D eigenvalue weighted by atomic mass is 19.4. The average Bonchev–Trinajstić information content (AvgIpc) is 2.76. The second-order valence-corrected chi connectivity index (χ2v) is 3.38. The summed E-state index contributed by atoms with van der Waals surface area (Å²) in [5.74, 6) is 0.320. The van der Waals surface area contributed by atoms with Gasteiger partial charge in [0.25, 0.3) is 0 Å². The zero-order valence-corrected chi connectivity index (χ0v) is 8.94. The Morgan fingerprint density at radius 1 is 1.18 bits per heavy atom. The number of tetrazole rings is 1. The predicted octanol–water partition coefficient (Wildman–Crippen LogP) is 2.38. The van der Waals surface area contributed by atoms with Crippen molar-refractivity contribution in [3.05, 3.63) is 29.8 Å². The number of aromatic nitrogens is 4. The first kappa shape index (κ1) is 11.6. The predicted molar refractivity (Wildman–Crippen MR) is 53.9 cm³/mol. The lowest BCUT2D eigenvalue weighted by atomic mass is 10.1. The van der Waals surface area contributed by atoms with E-state index in [9.17, 15) is 13.2 Å². The second-order valence-electron chi connectivity index (χ2n) is 3.38. The summed E-state index contributed by atoms with van der Waals surface area (Å²) >= 11 is 0. The van der Waals surface area contributed by atoms with E-state index >= 15 is 0 Å². The molecule has 0 fully saturated rings. The molecule has 7 heteroatoms. The quantitative estimate of drug-likeness (QED) is 0.812. The van der Waals surface area contributed by atoms with Crippen molar-refractivity contribution in [3.63, 3.8) is 0 Å². The van der Waals surface area contributed by atoms with Crippen LogP contribution in [0.2, 0.25) is 0 Å². The van der Waals surface area contributed by atoms with Gasteiger partial charge in [0, 0.05) is 5.56 Å². The van der Waals surface area contributed by atoms with Crippen LogP contribution in [0.1, 0.15) is 12.5 Å². The summed E-state index contributed by atoms with van der Waals surface area (Å²) in [6.45, 7) is 2.41. The molecule has 0 aliphatic heterocycles. The lowest BCUT2D eigenvalue weighted by Gasteiger charge is -2.05. The van der Waals surface area contributed by atoms with Crippen LogP contribution in [0.15, 0.2) is 24.3 Å². The molecular weight excluding hydrogens is 233 g/mol. The van der Waals surface area contributed by atoms with Gasteiger partial charge in [-0.25, -0.2) is 0 Å². The normalized spacial score (nSPS) is 11.8. The summed E-state index contributed by atoms with van der Waals surface area (Å²) in [5.41, 5.74) is -0.179. The number of alkyl halides is 3. The molecule has 0 radical (unpaired) electrons. The van der Waals surface area contributed by atoms with Crippen LogP contribution in [-0.2, 0) is 12.7 Å². The van der Waals surface area contributed by atoms with Crippen LogP contribution >= 0.6 is 0 Å². The molecule has 0 saturated heterocycles. The minimum Gasteiger partial charge on any atom is -0.166 e. The van der Waals surface area contributed by atoms with Crippen molar-refractivity contribution in [1.29, 1.82) is 0 Å². The number of hydrogen-bond donors (Lipinski definition) is 0. The van der Waals surface area contributed by atoms with Crippen LogP contribution in [0.4, 0.5) is 13.2 Å². The highest BCUT2D eigenvalue weighted by Crippen LogP contribution is 2.30. The summed E-state index contributed by atoms with van der Waals surface area (Å²) in [7, 11) is 0. The Hall–Kier alpha value is -1.92. The molecule has 0 spiro atoms. The van der Waals surface area contributed by atoms with Crippen molar-refractivity contribution in [2.24, 2.45) is 0 Å². The van der Waals surface area contributed by atoms with Crippen molar-refractivity contribution >= 4 is 0 Å². The first-order valence-corrected chi connectivity index (χ1v) is 4.96. The van der Waals surface area contributed by atoms with Gasteiger partial charge >= 0.3 is 6.18 Å². The number of nitrogens with zero attached hydrogens (tertiary/aromatic N) is 4. The maximum atomic E-state index is 12.3. The van der Waals surface area contributed by atoms with Crippen molar-refractivity contribution in [3.8, 4) is 11.4 Å². The third-order valence-electron chi connectivity index (χ3n) is 2.21. The molecule has 1 aromatic carbocycles. The Kier molecular flexibility index (Phi) is 2.83. The van der Waals surface area contributed by atoms with Gasteiger partial charge in [-0.3, -0.25) is 0 Å². The Bertz CT molecular complexity index is 501. The lowest BCUT2D eigenvalue weighted by molar-refractivity contribution is -0.137. The van der Waals surface area contributed by atoms with E-state index in [0.29, 0.717) is 17.9 Å². The van der Waals surface area contributed by atoms with E-state index in [1.165, 1.54) is 16.9 Å². The fourth-order valence-electron chi connectivity index (χ4n) is 1.30. The minimum atomic E-state index is -4.33. The zero-order chi connectivity index (χ0) is 12.5. The molecule has 0 saturated carbocycles. The molecule has 4 nitrogen and oxygen atoms in total. The van der Waals surface area contributed by atoms with Gasteiger partial charge in [-0.1, -0.05) is 12.1 Å². The van der Waals surface area contributed by atoms with E-state index in [1.54, 1.807) is 0 Å². The van der Waals surface area contributed by atoms with Crippen LogP contribution < -0.4 is 0 Å². The van der Waals surface area contributed by atoms with Gasteiger partial charge < -0.3 is 0 Å². The van der Waals surface area contributed by atoms with Gasteiger partial charge in [0.05, 0.1) is 12.1 Å². The van der Waals surface area contributed by atoms with E-state index in [2.05, 4.69) is 15.4 Å². The van der Waals surface area contributed by atoms with E-state index in [-0.39, 0.29) is 0 Å². The molecule has 1 heterocycles. The van der Waals surface area contributed by atoms with Crippen LogP contribution in [0, 0.1) is 0 Å². The van der Waals surface area contributed by atoms with Crippen LogP contribution in [0.25, 0.3) is 11.4 Å². The third kappa shape index (κ3) is 2.43. The third-order valence-corrected chi connectivity index (χ3v) is 2.21. The smallest absolute Gasteiger partial charge is 0.166 e.